The Morgan fingerprint density at radius 3 is 2.35 bits per heavy atom. The molecule has 1 aromatic carbocycles. The average Bonchev–Trinajstić information content (AvgIpc) is 3.35. The van der Waals surface area contributed by atoms with Crippen molar-refractivity contribution in [1.29, 1.82) is 0 Å². The van der Waals surface area contributed by atoms with Crippen molar-refractivity contribution in [2.75, 3.05) is 32.4 Å². The second-order valence-corrected chi connectivity index (χ2v) is 13.2. The first-order valence-corrected chi connectivity index (χ1v) is 15.5. The molecule has 3 rings (SSSR count). The molecule has 0 aliphatic carbocycles. The predicted molar refractivity (Wildman–Crippen MR) is 152 cm³/mol. The molecule has 2 atom stereocenters. The van der Waals surface area contributed by atoms with Gasteiger partial charge in [-0.05, 0) is 64.4 Å². The van der Waals surface area contributed by atoms with E-state index in [1.165, 1.54) is 4.90 Å². The van der Waals surface area contributed by atoms with Gasteiger partial charge >= 0.3 is 6.09 Å². The van der Waals surface area contributed by atoms with Crippen molar-refractivity contribution in [3.05, 3.63) is 35.9 Å². The van der Waals surface area contributed by atoms with Gasteiger partial charge in [-0.2, -0.15) is 0 Å². The Bertz CT molecular complexity index is 1180. The maximum Gasteiger partial charge on any atom is 0.437 e. The molecule has 0 radical (unpaired) electrons. The van der Waals surface area contributed by atoms with Gasteiger partial charge in [0.1, 0.15) is 17.7 Å². The highest BCUT2D eigenvalue weighted by Gasteiger charge is 2.38. The Balaban J connectivity index is 1.53. The highest BCUT2D eigenvalue weighted by molar-refractivity contribution is 7.88. The molecule has 2 saturated heterocycles. The zero-order chi connectivity index (χ0) is 29.5. The number of likely N-dealkylation sites (tertiary alicyclic amines) is 2. The number of nitrogens with two attached hydrogens (primary N) is 1. The molecule has 0 unspecified atom stereocenters. The fourth-order valence-corrected chi connectivity index (χ4v) is 5.67. The van der Waals surface area contributed by atoms with Gasteiger partial charge < -0.3 is 25.6 Å². The van der Waals surface area contributed by atoms with Crippen molar-refractivity contribution in [1.82, 2.24) is 19.8 Å². The van der Waals surface area contributed by atoms with E-state index in [1.54, 1.807) is 20.8 Å². The molecule has 4 N–H and O–H groups in total. The SMILES string of the molecule is CC(C)(C)OC(=O)N=C(N)N1CCC(CNC(=O)[C@@H]2CCCN2C(=O)[C@@H](Cc2ccccc2)NS(C)(=O)=O)CC1. The predicted octanol–water partition coefficient (Wildman–Crippen LogP) is 1.22. The Labute approximate surface area is 236 Å². The van der Waals surface area contributed by atoms with Crippen molar-refractivity contribution < 1.29 is 27.5 Å². The lowest BCUT2D eigenvalue weighted by Crippen LogP contribution is -2.54. The standard InChI is InChI=1S/C27H42N6O6S/c1-27(2,3)39-26(36)30-25(28)32-15-12-20(13-16-32)18-29-23(34)22-11-8-14-33(22)24(35)21(31-40(4,37)38)17-19-9-6-5-7-10-19/h5-7,9-10,20-22,31H,8,11-18H2,1-4H3,(H,29,34)(H2,28,30,36)/t21-,22+/m1/s1. The van der Waals surface area contributed by atoms with Gasteiger partial charge in [-0.3, -0.25) is 9.59 Å². The van der Waals surface area contributed by atoms with Crippen molar-refractivity contribution in [2.45, 2.75) is 70.6 Å². The normalized spacial score (nSPS) is 19.8. The summed E-state index contributed by atoms with van der Waals surface area (Å²) in [5.74, 6) is -0.320. The zero-order valence-corrected chi connectivity index (χ0v) is 24.6. The number of hydrogen-bond acceptors (Lipinski definition) is 6. The van der Waals surface area contributed by atoms with E-state index in [2.05, 4.69) is 15.0 Å². The lowest BCUT2D eigenvalue weighted by Gasteiger charge is -2.33. The van der Waals surface area contributed by atoms with E-state index in [0.717, 1.165) is 24.7 Å². The summed E-state index contributed by atoms with van der Waals surface area (Å²) in [6.07, 6.45) is 3.16. The van der Waals surface area contributed by atoms with Crippen LogP contribution in [0.15, 0.2) is 35.3 Å². The van der Waals surface area contributed by atoms with Crippen LogP contribution in [0.4, 0.5) is 4.79 Å². The van der Waals surface area contributed by atoms with Crippen LogP contribution in [0.25, 0.3) is 0 Å². The number of carbonyl (C=O) groups is 3. The van der Waals surface area contributed by atoms with Gasteiger partial charge in [0.25, 0.3) is 0 Å². The van der Waals surface area contributed by atoms with E-state index in [0.29, 0.717) is 39.0 Å². The third-order valence-corrected chi connectivity index (χ3v) is 7.59. The molecule has 2 aliphatic rings. The van der Waals surface area contributed by atoms with Crippen molar-refractivity contribution in [3.8, 4) is 0 Å². The number of nitrogens with zero attached hydrogens (tertiary/aromatic N) is 3. The maximum atomic E-state index is 13.5. The fourth-order valence-electron chi connectivity index (χ4n) is 4.97. The number of nitrogens with one attached hydrogen (secondary N) is 2. The van der Waals surface area contributed by atoms with E-state index >= 15 is 0 Å². The first kappa shape index (κ1) is 31.3. The molecule has 0 spiro atoms. The monoisotopic (exact) mass is 578 g/mol. The Morgan fingerprint density at radius 1 is 1.10 bits per heavy atom. The second kappa shape index (κ2) is 13.4. The largest absolute Gasteiger partial charge is 0.442 e. The van der Waals surface area contributed by atoms with Crippen molar-refractivity contribution >= 4 is 33.9 Å². The van der Waals surface area contributed by atoms with Gasteiger partial charge in [-0.15, -0.1) is 4.99 Å². The summed E-state index contributed by atoms with van der Waals surface area (Å²) in [5.41, 5.74) is 6.16. The molecule has 2 heterocycles. The number of guanidine groups is 1. The summed E-state index contributed by atoms with van der Waals surface area (Å²) < 4.78 is 31.7. The number of hydrogen-bond donors (Lipinski definition) is 3. The van der Waals surface area contributed by atoms with Crippen LogP contribution in [-0.2, 0) is 30.8 Å². The van der Waals surface area contributed by atoms with Crippen LogP contribution in [0.3, 0.4) is 0 Å². The van der Waals surface area contributed by atoms with Gasteiger partial charge in [0, 0.05) is 26.2 Å². The van der Waals surface area contributed by atoms with Gasteiger partial charge in [0.2, 0.25) is 27.8 Å². The number of ether oxygens (including phenoxy) is 1. The first-order chi connectivity index (χ1) is 18.7. The molecule has 13 heteroatoms. The molecule has 0 aromatic heterocycles. The van der Waals surface area contributed by atoms with E-state index in [9.17, 15) is 22.8 Å². The summed E-state index contributed by atoms with van der Waals surface area (Å²) >= 11 is 0. The smallest absolute Gasteiger partial charge is 0.437 e. The molecular formula is C27H42N6O6S. The quantitative estimate of drug-likeness (QED) is 0.306. The minimum Gasteiger partial charge on any atom is -0.442 e. The molecule has 2 aliphatic heterocycles. The molecule has 222 valence electrons. The summed E-state index contributed by atoms with van der Waals surface area (Å²) in [5, 5.41) is 2.99. The van der Waals surface area contributed by atoms with Crippen LogP contribution in [0.5, 0.6) is 0 Å². The summed E-state index contributed by atoms with van der Waals surface area (Å²) in [7, 11) is -3.65. The van der Waals surface area contributed by atoms with Crippen LogP contribution in [0, 0.1) is 5.92 Å². The van der Waals surface area contributed by atoms with Crippen LogP contribution in [0.1, 0.15) is 52.0 Å². The van der Waals surface area contributed by atoms with Gasteiger partial charge in [0.05, 0.1) is 6.26 Å². The Hall–Kier alpha value is -3.19. The number of benzene rings is 1. The molecule has 40 heavy (non-hydrogen) atoms. The first-order valence-electron chi connectivity index (χ1n) is 13.6. The number of carbonyl (C=O) groups excluding carboxylic acids is 3. The lowest BCUT2D eigenvalue weighted by molar-refractivity contribution is -0.139. The van der Waals surface area contributed by atoms with Gasteiger partial charge in [-0.1, -0.05) is 30.3 Å². The highest BCUT2D eigenvalue weighted by atomic mass is 32.2. The molecule has 3 amide bonds. The van der Waals surface area contributed by atoms with E-state index in [1.807, 2.05) is 35.2 Å². The van der Waals surface area contributed by atoms with E-state index < -0.39 is 39.7 Å². The minimum absolute atomic E-state index is 0.115. The molecule has 0 saturated carbocycles. The summed E-state index contributed by atoms with van der Waals surface area (Å²) in [6.45, 7) is 7.29. The lowest BCUT2D eigenvalue weighted by atomic mass is 9.97. The third kappa shape index (κ3) is 9.77. The van der Waals surface area contributed by atoms with Crippen LogP contribution < -0.4 is 15.8 Å². The van der Waals surface area contributed by atoms with E-state index in [-0.39, 0.29) is 24.2 Å². The molecule has 12 nitrogen and oxygen atoms in total. The number of piperidine rings is 1. The molecule has 2 fully saturated rings. The molecular weight excluding hydrogens is 536 g/mol. The Morgan fingerprint density at radius 2 is 1.75 bits per heavy atom. The maximum absolute atomic E-state index is 13.5. The topological polar surface area (TPSA) is 163 Å². The van der Waals surface area contributed by atoms with Crippen molar-refractivity contribution in [3.63, 3.8) is 0 Å². The third-order valence-electron chi connectivity index (χ3n) is 6.88. The average molecular weight is 579 g/mol. The highest BCUT2D eigenvalue weighted by Crippen LogP contribution is 2.21. The summed E-state index contributed by atoms with van der Waals surface area (Å²) in [4.78, 5) is 45.7. The molecule has 1 aromatic rings. The second-order valence-electron chi connectivity index (χ2n) is 11.4. The van der Waals surface area contributed by atoms with Crippen LogP contribution in [-0.4, -0.2) is 92.2 Å². The van der Waals surface area contributed by atoms with Crippen molar-refractivity contribution in [2.24, 2.45) is 16.6 Å². The Kier molecular flexibility index (Phi) is 10.5. The van der Waals surface area contributed by atoms with Crippen LogP contribution >= 0.6 is 0 Å². The number of rotatable bonds is 8. The molecule has 0 bridgehead atoms. The number of amides is 3. The minimum atomic E-state index is -3.65. The number of sulfonamides is 1. The van der Waals surface area contributed by atoms with Gasteiger partial charge in [0.15, 0.2) is 0 Å². The zero-order valence-electron chi connectivity index (χ0n) is 23.8. The summed E-state index contributed by atoms with van der Waals surface area (Å²) in [6, 6.07) is 7.53. The fraction of sp³-hybridized carbons (Fsp3) is 0.630. The van der Waals surface area contributed by atoms with Crippen LogP contribution in [0.2, 0.25) is 0 Å². The number of aliphatic imine (C=N–C) groups is 1. The van der Waals surface area contributed by atoms with Gasteiger partial charge in [-0.25, -0.2) is 17.9 Å². The van der Waals surface area contributed by atoms with E-state index in [4.69, 9.17) is 10.5 Å².